The van der Waals surface area contributed by atoms with Crippen LogP contribution >= 0.6 is 23.2 Å². The molecule has 0 saturated heterocycles. The van der Waals surface area contributed by atoms with Gasteiger partial charge in [-0.25, -0.2) is 0 Å². The molecule has 96 valence electrons. The van der Waals surface area contributed by atoms with Gasteiger partial charge in [-0.05, 0) is 36.1 Å². The molecule has 0 amide bonds. The summed E-state index contributed by atoms with van der Waals surface area (Å²) in [6, 6.07) is 6.27. The molecule has 1 nitrogen and oxygen atoms in total. The zero-order chi connectivity index (χ0) is 13.1. The highest BCUT2D eigenvalue weighted by molar-refractivity contribution is 6.35. The van der Waals surface area contributed by atoms with Crippen LogP contribution in [0.15, 0.2) is 18.2 Å². The number of hydrogen-bond donors (Lipinski definition) is 1. The molecule has 0 atom stereocenters. The van der Waals surface area contributed by atoms with E-state index >= 15 is 0 Å². The van der Waals surface area contributed by atoms with E-state index in [2.05, 4.69) is 33.0 Å². The molecule has 0 aliphatic rings. The summed E-state index contributed by atoms with van der Waals surface area (Å²) in [6.45, 7) is 9.72. The molecular formula is C14H21Cl2N. The maximum Gasteiger partial charge on any atom is 0.0458 e. The van der Waals surface area contributed by atoms with E-state index in [1.807, 2.05) is 18.2 Å². The molecule has 1 N–H and O–H groups in total. The zero-order valence-corrected chi connectivity index (χ0v) is 12.5. The van der Waals surface area contributed by atoms with Gasteiger partial charge in [0.05, 0.1) is 0 Å². The summed E-state index contributed by atoms with van der Waals surface area (Å²) in [4.78, 5) is 0. The molecule has 1 rings (SSSR count). The standard InChI is InChI=1S/C14H21Cl2N/c1-10(2)17-8-7-14(3,4)12-6-5-11(15)9-13(12)16/h5-6,9-10,17H,7-8H2,1-4H3. The van der Waals surface area contributed by atoms with Gasteiger partial charge in [-0.1, -0.05) is 57.0 Å². The van der Waals surface area contributed by atoms with Crippen molar-refractivity contribution >= 4 is 23.2 Å². The lowest BCUT2D eigenvalue weighted by molar-refractivity contribution is 0.441. The summed E-state index contributed by atoms with van der Waals surface area (Å²) in [7, 11) is 0. The Kier molecular flexibility index (Phi) is 5.30. The van der Waals surface area contributed by atoms with Crippen LogP contribution in [0, 0.1) is 0 Å². The highest BCUT2D eigenvalue weighted by Gasteiger charge is 2.22. The van der Waals surface area contributed by atoms with Crippen molar-refractivity contribution in [3.8, 4) is 0 Å². The summed E-state index contributed by atoms with van der Waals surface area (Å²) in [6.07, 6.45) is 1.05. The summed E-state index contributed by atoms with van der Waals surface area (Å²) < 4.78 is 0. The number of rotatable bonds is 5. The van der Waals surface area contributed by atoms with E-state index in [0.717, 1.165) is 23.6 Å². The number of hydrogen-bond acceptors (Lipinski definition) is 1. The molecule has 0 unspecified atom stereocenters. The Bertz CT molecular complexity index is 372. The van der Waals surface area contributed by atoms with Crippen molar-refractivity contribution in [3.63, 3.8) is 0 Å². The van der Waals surface area contributed by atoms with Crippen molar-refractivity contribution in [1.82, 2.24) is 5.32 Å². The molecule has 17 heavy (non-hydrogen) atoms. The topological polar surface area (TPSA) is 12.0 Å². The van der Waals surface area contributed by atoms with Gasteiger partial charge in [0.1, 0.15) is 0 Å². The molecule has 0 aromatic heterocycles. The minimum absolute atomic E-state index is 0.0591. The van der Waals surface area contributed by atoms with Gasteiger partial charge in [0.25, 0.3) is 0 Å². The van der Waals surface area contributed by atoms with E-state index in [-0.39, 0.29) is 5.41 Å². The second-order valence-electron chi connectivity index (χ2n) is 5.37. The van der Waals surface area contributed by atoms with Gasteiger partial charge in [-0.3, -0.25) is 0 Å². The first-order chi connectivity index (χ1) is 7.83. The van der Waals surface area contributed by atoms with Gasteiger partial charge in [-0.2, -0.15) is 0 Å². The summed E-state index contributed by atoms with van der Waals surface area (Å²) >= 11 is 12.2. The lowest BCUT2D eigenvalue weighted by Gasteiger charge is -2.27. The Labute approximate surface area is 115 Å². The predicted octanol–water partition coefficient (Wildman–Crippen LogP) is 4.66. The molecule has 0 aliphatic heterocycles. The first-order valence-corrected chi connectivity index (χ1v) is 6.77. The number of nitrogens with one attached hydrogen (secondary N) is 1. The van der Waals surface area contributed by atoms with Crippen LogP contribution in [-0.2, 0) is 5.41 Å². The van der Waals surface area contributed by atoms with Gasteiger partial charge in [0.15, 0.2) is 0 Å². The van der Waals surface area contributed by atoms with Crippen LogP contribution in [-0.4, -0.2) is 12.6 Å². The molecule has 0 radical (unpaired) electrons. The fourth-order valence-corrected chi connectivity index (χ4v) is 2.51. The predicted molar refractivity (Wildman–Crippen MR) is 77.2 cm³/mol. The minimum atomic E-state index is 0.0591. The van der Waals surface area contributed by atoms with E-state index in [0.29, 0.717) is 11.1 Å². The lowest BCUT2D eigenvalue weighted by Crippen LogP contribution is -2.29. The second-order valence-corrected chi connectivity index (χ2v) is 6.21. The molecule has 1 aromatic carbocycles. The third-order valence-electron chi connectivity index (χ3n) is 2.96. The summed E-state index contributed by atoms with van der Waals surface area (Å²) in [5.41, 5.74) is 1.22. The molecule has 0 aliphatic carbocycles. The van der Waals surface area contributed by atoms with Gasteiger partial charge < -0.3 is 5.32 Å². The van der Waals surface area contributed by atoms with Crippen LogP contribution in [0.1, 0.15) is 39.7 Å². The van der Waals surface area contributed by atoms with Crippen molar-refractivity contribution in [2.24, 2.45) is 0 Å². The average molecular weight is 274 g/mol. The Hall–Kier alpha value is -0.240. The number of halogens is 2. The first kappa shape index (κ1) is 14.8. The lowest BCUT2D eigenvalue weighted by atomic mass is 9.81. The SMILES string of the molecule is CC(C)NCCC(C)(C)c1ccc(Cl)cc1Cl. The Morgan fingerprint density at radius 1 is 1.24 bits per heavy atom. The molecule has 1 aromatic rings. The normalized spacial score (nSPS) is 12.2. The maximum atomic E-state index is 6.25. The van der Waals surface area contributed by atoms with Crippen molar-refractivity contribution < 1.29 is 0 Å². The van der Waals surface area contributed by atoms with E-state index in [1.165, 1.54) is 0 Å². The van der Waals surface area contributed by atoms with E-state index in [1.54, 1.807) is 0 Å². The summed E-state index contributed by atoms with van der Waals surface area (Å²) in [5, 5.41) is 4.88. The summed E-state index contributed by atoms with van der Waals surface area (Å²) in [5.74, 6) is 0. The monoisotopic (exact) mass is 273 g/mol. The largest absolute Gasteiger partial charge is 0.315 e. The van der Waals surface area contributed by atoms with Crippen LogP contribution in [0.5, 0.6) is 0 Å². The van der Waals surface area contributed by atoms with Crippen LogP contribution in [0.25, 0.3) is 0 Å². The van der Waals surface area contributed by atoms with Crippen LogP contribution in [0.2, 0.25) is 10.0 Å². The van der Waals surface area contributed by atoms with Crippen molar-refractivity contribution in [1.29, 1.82) is 0 Å². The molecular weight excluding hydrogens is 253 g/mol. The van der Waals surface area contributed by atoms with Crippen LogP contribution in [0.4, 0.5) is 0 Å². The van der Waals surface area contributed by atoms with Gasteiger partial charge >= 0.3 is 0 Å². The molecule has 0 spiro atoms. The zero-order valence-electron chi connectivity index (χ0n) is 11.0. The molecule has 0 heterocycles. The average Bonchev–Trinajstić information content (AvgIpc) is 2.15. The third kappa shape index (κ3) is 4.50. The first-order valence-electron chi connectivity index (χ1n) is 6.02. The van der Waals surface area contributed by atoms with Crippen molar-refractivity contribution in [3.05, 3.63) is 33.8 Å². The van der Waals surface area contributed by atoms with Crippen LogP contribution < -0.4 is 5.32 Å². The van der Waals surface area contributed by atoms with Gasteiger partial charge in [0.2, 0.25) is 0 Å². The smallest absolute Gasteiger partial charge is 0.0458 e. The highest BCUT2D eigenvalue weighted by Crippen LogP contribution is 2.33. The van der Waals surface area contributed by atoms with Crippen LogP contribution in [0.3, 0.4) is 0 Å². The Morgan fingerprint density at radius 2 is 1.88 bits per heavy atom. The Balaban J connectivity index is 2.74. The number of benzene rings is 1. The fraction of sp³-hybridized carbons (Fsp3) is 0.571. The molecule has 0 saturated carbocycles. The molecule has 3 heteroatoms. The molecule has 0 fully saturated rings. The van der Waals surface area contributed by atoms with E-state index < -0.39 is 0 Å². The fourth-order valence-electron chi connectivity index (χ4n) is 1.85. The third-order valence-corrected chi connectivity index (χ3v) is 3.51. The van der Waals surface area contributed by atoms with Crippen molar-refractivity contribution in [2.45, 2.75) is 45.6 Å². The quantitative estimate of drug-likeness (QED) is 0.823. The minimum Gasteiger partial charge on any atom is -0.315 e. The van der Waals surface area contributed by atoms with Gasteiger partial charge in [-0.15, -0.1) is 0 Å². The second kappa shape index (κ2) is 6.08. The highest BCUT2D eigenvalue weighted by atomic mass is 35.5. The van der Waals surface area contributed by atoms with Crippen molar-refractivity contribution in [2.75, 3.05) is 6.54 Å². The van der Waals surface area contributed by atoms with E-state index in [4.69, 9.17) is 23.2 Å². The van der Waals surface area contributed by atoms with Gasteiger partial charge in [0, 0.05) is 16.1 Å². The van der Waals surface area contributed by atoms with E-state index in [9.17, 15) is 0 Å². The maximum absolute atomic E-state index is 6.25. The molecule has 0 bridgehead atoms. The Morgan fingerprint density at radius 3 is 2.41 bits per heavy atom.